The summed E-state index contributed by atoms with van der Waals surface area (Å²) < 4.78 is 0. The minimum absolute atomic E-state index is 0.0851. The van der Waals surface area contributed by atoms with Gasteiger partial charge in [-0.3, -0.25) is 4.79 Å². The van der Waals surface area contributed by atoms with Crippen molar-refractivity contribution in [1.29, 1.82) is 5.26 Å². The predicted octanol–water partition coefficient (Wildman–Crippen LogP) is 4.63. The first-order valence-electron chi connectivity index (χ1n) is 10.1. The summed E-state index contributed by atoms with van der Waals surface area (Å²) in [4.78, 5) is 24.2. The van der Waals surface area contributed by atoms with Gasteiger partial charge in [0, 0.05) is 24.7 Å². The zero-order chi connectivity index (χ0) is 20.9. The number of para-hydroxylation sites is 1. The monoisotopic (exact) mass is 397 g/mol. The summed E-state index contributed by atoms with van der Waals surface area (Å²) in [5.74, 6) is 1.51. The highest BCUT2D eigenvalue weighted by molar-refractivity contribution is 5.93. The third kappa shape index (κ3) is 4.31. The summed E-state index contributed by atoms with van der Waals surface area (Å²) >= 11 is 0. The summed E-state index contributed by atoms with van der Waals surface area (Å²) in [6.45, 7) is 3.70. The van der Waals surface area contributed by atoms with Gasteiger partial charge < -0.3 is 10.2 Å². The third-order valence-corrected chi connectivity index (χ3v) is 5.36. The minimum Gasteiger partial charge on any atom is -0.339 e. The summed E-state index contributed by atoms with van der Waals surface area (Å²) in [5, 5.41) is 12.6. The molecule has 0 saturated carbocycles. The average Bonchev–Trinajstić information content (AvgIpc) is 2.80. The Morgan fingerprint density at radius 2 is 1.77 bits per heavy atom. The smallest absolute Gasteiger partial charge is 0.272 e. The first kappa shape index (κ1) is 19.6. The van der Waals surface area contributed by atoms with Crippen LogP contribution in [0, 0.1) is 17.2 Å². The van der Waals surface area contributed by atoms with E-state index < -0.39 is 0 Å². The first-order chi connectivity index (χ1) is 14.6. The molecule has 0 unspecified atom stereocenters. The minimum atomic E-state index is -0.0851. The molecule has 150 valence electrons. The number of carbonyl (C=O) groups excluding carboxylic acids is 1. The van der Waals surface area contributed by atoms with Gasteiger partial charge in [0.25, 0.3) is 5.91 Å². The zero-order valence-corrected chi connectivity index (χ0v) is 16.9. The number of nitriles is 1. The predicted molar refractivity (Wildman–Crippen MR) is 116 cm³/mol. The molecule has 6 heteroatoms. The quantitative estimate of drug-likeness (QED) is 0.694. The second-order valence-corrected chi connectivity index (χ2v) is 7.59. The number of likely N-dealkylation sites (tertiary alicyclic amines) is 1. The normalized spacial score (nSPS) is 14.2. The summed E-state index contributed by atoms with van der Waals surface area (Å²) in [7, 11) is 0. The van der Waals surface area contributed by atoms with Crippen molar-refractivity contribution in [3.63, 3.8) is 0 Å². The van der Waals surface area contributed by atoms with Crippen molar-refractivity contribution in [2.24, 2.45) is 5.92 Å². The summed E-state index contributed by atoms with van der Waals surface area (Å²) in [5.41, 5.74) is 2.34. The van der Waals surface area contributed by atoms with Gasteiger partial charge >= 0.3 is 0 Å². The fourth-order valence-electron chi connectivity index (χ4n) is 3.54. The van der Waals surface area contributed by atoms with Crippen LogP contribution in [0.4, 0.5) is 11.5 Å². The second kappa shape index (κ2) is 8.75. The van der Waals surface area contributed by atoms with E-state index in [9.17, 15) is 10.1 Å². The number of nitrogens with one attached hydrogen (secondary N) is 1. The number of rotatable bonds is 4. The van der Waals surface area contributed by atoms with E-state index in [-0.39, 0.29) is 5.91 Å². The van der Waals surface area contributed by atoms with E-state index in [1.54, 1.807) is 12.1 Å². The molecule has 0 spiro atoms. The van der Waals surface area contributed by atoms with Crippen LogP contribution in [-0.2, 0) is 0 Å². The molecule has 1 amide bonds. The number of hydrogen-bond acceptors (Lipinski definition) is 5. The Morgan fingerprint density at radius 1 is 1.07 bits per heavy atom. The van der Waals surface area contributed by atoms with E-state index >= 15 is 0 Å². The Morgan fingerprint density at radius 3 is 2.50 bits per heavy atom. The van der Waals surface area contributed by atoms with Crippen LogP contribution in [-0.4, -0.2) is 33.9 Å². The molecule has 0 radical (unpaired) electrons. The van der Waals surface area contributed by atoms with Gasteiger partial charge in [-0.2, -0.15) is 5.26 Å². The van der Waals surface area contributed by atoms with Gasteiger partial charge in [-0.05, 0) is 30.9 Å². The van der Waals surface area contributed by atoms with Crippen LogP contribution < -0.4 is 5.32 Å². The lowest BCUT2D eigenvalue weighted by Crippen LogP contribution is -2.38. The van der Waals surface area contributed by atoms with Crippen molar-refractivity contribution < 1.29 is 4.79 Å². The molecule has 0 atom stereocenters. The Labute approximate surface area is 176 Å². The van der Waals surface area contributed by atoms with Gasteiger partial charge in [0.1, 0.15) is 17.6 Å². The highest BCUT2D eigenvalue weighted by Crippen LogP contribution is 2.24. The van der Waals surface area contributed by atoms with Crippen LogP contribution in [0.5, 0.6) is 0 Å². The molecule has 4 rings (SSSR count). The van der Waals surface area contributed by atoms with Crippen molar-refractivity contribution in [2.75, 3.05) is 18.4 Å². The lowest BCUT2D eigenvalue weighted by molar-refractivity contribution is 0.0691. The number of aromatic nitrogens is 2. The Balaban J connectivity index is 1.72. The fraction of sp³-hybridized carbons (Fsp3) is 0.250. The third-order valence-electron chi connectivity index (χ3n) is 5.36. The molecule has 6 nitrogen and oxygen atoms in total. The highest BCUT2D eigenvalue weighted by atomic mass is 16.2. The van der Waals surface area contributed by atoms with Crippen molar-refractivity contribution >= 4 is 17.4 Å². The molecule has 2 aromatic carbocycles. The molecule has 1 aliphatic heterocycles. The van der Waals surface area contributed by atoms with Crippen LogP contribution in [0.1, 0.15) is 35.8 Å². The molecule has 1 N–H and O–H groups in total. The van der Waals surface area contributed by atoms with Crippen molar-refractivity contribution in [2.45, 2.75) is 19.8 Å². The number of amides is 1. The number of hydrogen-bond donors (Lipinski definition) is 1. The lowest BCUT2D eigenvalue weighted by Gasteiger charge is -2.30. The topological polar surface area (TPSA) is 81.9 Å². The molecule has 1 fully saturated rings. The molecule has 1 aliphatic rings. The van der Waals surface area contributed by atoms with Crippen LogP contribution in [0.25, 0.3) is 11.4 Å². The maximum Gasteiger partial charge on any atom is 0.272 e. The van der Waals surface area contributed by atoms with Crippen molar-refractivity contribution in [1.82, 2.24) is 14.9 Å². The second-order valence-electron chi connectivity index (χ2n) is 7.59. The van der Waals surface area contributed by atoms with E-state index in [1.165, 1.54) is 0 Å². The lowest BCUT2D eigenvalue weighted by atomic mass is 9.99. The Bertz CT molecular complexity index is 1080. The van der Waals surface area contributed by atoms with E-state index in [0.29, 0.717) is 34.5 Å². The molecule has 1 saturated heterocycles. The molecule has 3 aromatic rings. The van der Waals surface area contributed by atoms with Crippen LogP contribution in [0.15, 0.2) is 60.7 Å². The van der Waals surface area contributed by atoms with Gasteiger partial charge in [0.15, 0.2) is 5.82 Å². The average molecular weight is 397 g/mol. The Kier molecular flexibility index (Phi) is 5.71. The Hall–Kier alpha value is -3.72. The van der Waals surface area contributed by atoms with E-state index in [1.807, 2.05) is 53.4 Å². The van der Waals surface area contributed by atoms with E-state index in [2.05, 4.69) is 28.3 Å². The standard InChI is InChI=1S/C24H23N5O/c1-17-11-13-29(14-12-17)24(30)21-15-22(26-20-10-6-5-9-19(20)16-25)28-23(27-21)18-7-3-2-4-8-18/h2-10,15,17H,11-14H2,1H3,(H,26,27,28). The van der Waals surface area contributed by atoms with Gasteiger partial charge in [-0.15, -0.1) is 0 Å². The molecular formula is C24H23N5O. The van der Waals surface area contributed by atoms with Gasteiger partial charge in [0.05, 0.1) is 11.3 Å². The van der Waals surface area contributed by atoms with Crippen LogP contribution >= 0.6 is 0 Å². The van der Waals surface area contributed by atoms with Gasteiger partial charge in [0.2, 0.25) is 0 Å². The molecule has 0 aliphatic carbocycles. The van der Waals surface area contributed by atoms with E-state index in [4.69, 9.17) is 0 Å². The number of piperidine rings is 1. The highest BCUT2D eigenvalue weighted by Gasteiger charge is 2.23. The first-order valence-corrected chi connectivity index (χ1v) is 10.1. The van der Waals surface area contributed by atoms with Crippen molar-refractivity contribution in [3.05, 3.63) is 71.9 Å². The molecule has 2 heterocycles. The van der Waals surface area contributed by atoms with E-state index in [0.717, 1.165) is 31.5 Å². The van der Waals surface area contributed by atoms with Crippen LogP contribution in [0.3, 0.4) is 0 Å². The maximum absolute atomic E-state index is 13.2. The molecule has 30 heavy (non-hydrogen) atoms. The molecule has 1 aromatic heterocycles. The fourth-order valence-corrected chi connectivity index (χ4v) is 3.54. The molecule has 0 bridgehead atoms. The zero-order valence-electron chi connectivity index (χ0n) is 16.9. The summed E-state index contributed by atoms with van der Waals surface area (Å²) in [6.07, 6.45) is 2.01. The number of anilines is 2. The number of nitrogens with zero attached hydrogens (tertiary/aromatic N) is 4. The van der Waals surface area contributed by atoms with Gasteiger partial charge in [-0.1, -0.05) is 49.4 Å². The number of benzene rings is 2. The largest absolute Gasteiger partial charge is 0.339 e. The summed E-state index contributed by atoms with van der Waals surface area (Å²) in [6, 6.07) is 20.6. The maximum atomic E-state index is 13.2. The molecular weight excluding hydrogens is 374 g/mol. The van der Waals surface area contributed by atoms with Gasteiger partial charge in [-0.25, -0.2) is 9.97 Å². The van der Waals surface area contributed by atoms with Crippen molar-refractivity contribution in [3.8, 4) is 17.5 Å². The number of carbonyl (C=O) groups is 1. The SMILES string of the molecule is CC1CCN(C(=O)c2cc(Nc3ccccc3C#N)nc(-c3ccccc3)n2)CC1. The van der Waals surface area contributed by atoms with Crippen LogP contribution in [0.2, 0.25) is 0 Å².